The number of nitro benzene ring substituents is 1. The summed E-state index contributed by atoms with van der Waals surface area (Å²) >= 11 is 0. The van der Waals surface area contributed by atoms with Gasteiger partial charge in [0.2, 0.25) is 5.75 Å². The molecule has 7 heteroatoms. The van der Waals surface area contributed by atoms with Gasteiger partial charge in [-0.2, -0.15) is 0 Å². The van der Waals surface area contributed by atoms with Crippen LogP contribution in [-0.4, -0.2) is 23.6 Å². The minimum atomic E-state index is -0.716. The van der Waals surface area contributed by atoms with E-state index in [2.05, 4.69) is 0 Å². The number of carbonyl (C=O) groups excluding carboxylic acids is 1. The lowest BCUT2D eigenvalue weighted by atomic mass is 10.0. The van der Waals surface area contributed by atoms with Crippen molar-refractivity contribution in [2.45, 2.75) is 38.2 Å². The molecule has 1 aromatic carbocycles. The van der Waals surface area contributed by atoms with Gasteiger partial charge in [-0.3, -0.25) is 14.9 Å². The Balaban J connectivity index is 1.92. The fraction of sp³-hybridized carbons (Fsp3) is 0.500. The lowest BCUT2D eigenvalue weighted by molar-refractivity contribution is -0.385. The Morgan fingerprint density at radius 1 is 1.48 bits per heavy atom. The molecule has 0 spiro atoms. The summed E-state index contributed by atoms with van der Waals surface area (Å²) in [5, 5.41) is 10.8. The predicted octanol–water partition coefficient (Wildman–Crippen LogP) is 2.99. The van der Waals surface area contributed by atoms with Crippen molar-refractivity contribution in [3.05, 3.63) is 34.1 Å². The summed E-state index contributed by atoms with van der Waals surface area (Å²) in [7, 11) is 0. The fourth-order valence-corrected chi connectivity index (χ4v) is 2.21. The van der Waals surface area contributed by atoms with Gasteiger partial charge in [-0.05, 0) is 31.7 Å². The molecule has 6 nitrogen and oxygen atoms in total. The second-order valence-corrected chi connectivity index (χ2v) is 4.87. The van der Waals surface area contributed by atoms with E-state index in [1.54, 1.807) is 0 Å². The number of nitro groups is 1. The number of hydrogen-bond acceptors (Lipinski definition) is 5. The first-order chi connectivity index (χ1) is 10.1. The lowest BCUT2D eigenvalue weighted by Crippen LogP contribution is -2.21. The molecule has 1 unspecified atom stereocenters. The Hall–Kier alpha value is -2.02. The molecule has 0 N–H and O–H groups in total. The molecule has 0 aliphatic carbocycles. The normalized spacial score (nSPS) is 18.2. The highest BCUT2D eigenvalue weighted by molar-refractivity contribution is 5.73. The van der Waals surface area contributed by atoms with Gasteiger partial charge in [-0.25, -0.2) is 4.39 Å². The molecule has 2 rings (SSSR count). The minimum absolute atomic E-state index is 0.0220. The van der Waals surface area contributed by atoms with E-state index in [1.807, 2.05) is 0 Å². The summed E-state index contributed by atoms with van der Waals surface area (Å²) in [5.41, 5.74) is -0.432. The molecule has 0 radical (unpaired) electrons. The molecule has 0 bridgehead atoms. The van der Waals surface area contributed by atoms with Crippen LogP contribution >= 0.6 is 0 Å². The van der Waals surface area contributed by atoms with Crippen LogP contribution < -0.4 is 4.74 Å². The van der Waals surface area contributed by atoms with Crippen LogP contribution in [0.1, 0.15) is 32.1 Å². The third kappa shape index (κ3) is 4.49. The first kappa shape index (κ1) is 15.4. The van der Waals surface area contributed by atoms with Crippen LogP contribution in [0.5, 0.6) is 5.75 Å². The molecular formula is C14H16FNO5. The molecular weight excluding hydrogens is 281 g/mol. The molecule has 0 amide bonds. The van der Waals surface area contributed by atoms with E-state index < -0.39 is 22.4 Å². The van der Waals surface area contributed by atoms with Crippen molar-refractivity contribution in [1.82, 2.24) is 0 Å². The van der Waals surface area contributed by atoms with Crippen molar-refractivity contribution >= 4 is 11.7 Å². The number of nitrogens with zero attached hydrogens (tertiary/aromatic N) is 1. The van der Waals surface area contributed by atoms with Crippen LogP contribution in [0.25, 0.3) is 0 Å². The largest absolute Gasteiger partial charge is 0.419 e. The van der Waals surface area contributed by atoms with Gasteiger partial charge >= 0.3 is 11.7 Å². The van der Waals surface area contributed by atoms with Crippen LogP contribution in [0.3, 0.4) is 0 Å². The SMILES string of the molecule is O=C(CCC1CCCCO1)Oc1cc(F)ccc1[N+](=O)[O-]. The molecule has 1 fully saturated rings. The monoisotopic (exact) mass is 297 g/mol. The van der Waals surface area contributed by atoms with Gasteiger partial charge in [0.25, 0.3) is 0 Å². The maximum absolute atomic E-state index is 13.1. The van der Waals surface area contributed by atoms with E-state index in [0.717, 1.165) is 37.5 Å². The Kier molecular flexibility index (Phi) is 5.21. The summed E-state index contributed by atoms with van der Waals surface area (Å²) in [4.78, 5) is 21.8. The topological polar surface area (TPSA) is 78.7 Å². The molecule has 1 saturated heterocycles. The number of carbonyl (C=O) groups is 1. The molecule has 0 aromatic heterocycles. The van der Waals surface area contributed by atoms with E-state index in [-0.39, 0.29) is 18.3 Å². The molecule has 114 valence electrons. The second-order valence-electron chi connectivity index (χ2n) is 4.87. The fourth-order valence-electron chi connectivity index (χ4n) is 2.21. The van der Waals surface area contributed by atoms with Crippen molar-refractivity contribution in [1.29, 1.82) is 0 Å². The summed E-state index contributed by atoms with van der Waals surface area (Å²) < 4.78 is 23.5. The Labute approximate surface area is 121 Å². The maximum atomic E-state index is 13.1. The zero-order valence-electron chi connectivity index (χ0n) is 11.4. The van der Waals surface area contributed by atoms with Crippen LogP contribution in [0, 0.1) is 15.9 Å². The summed E-state index contributed by atoms with van der Waals surface area (Å²) in [6.45, 7) is 0.690. The van der Waals surface area contributed by atoms with Gasteiger partial charge in [0.15, 0.2) is 0 Å². The molecule has 1 heterocycles. The molecule has 1 aliphatic rings. The van der Waals surface area contributed by atoms with Crippen LogP contribution in [0.2, 0.25) is 0 Å². The van der Waals surface area contributed by atoms with Crippen molar-refractivity contribution in [2.24, 2.45) is 0 Å². The van der Waals surface area contributed by atoms with Crippen LogP contribution in [0.15, 0.2) is 18.2 Å². The molecule has 1 aromatic rings. The smallest absolute Gasteiger partial charge is 0.311 e. The van der Waals surface area contributed by atoms with Gasteiger partial charge in [-0.1, -0.05) is 0 Å². The van der Waals surface area contributed by atoms with Gasteiger partial charge in [0.05, 0.1) is 11.0 Å². The van der Waals surface area contributed by atoms with Crippen molar-refractivity contribution in [3.63, 3.8) is 0 Å². The second kappa shape index (κ2) is 7.12. The maximum Gasteiger partial charge on any atom is 0.311 e. The number of halogens is 1. The summed E-state index contributed by atoms with van der Waals surface area (Å²) in [6.07, 6.45) is 3.59. The van der Waals surface area contributed by atoms with E-state index >= 15 is 0 Å². The van der Waals surface area contributed by atoms with E-state index in [9.17, 15) is 19.3 Å². The number of esters is 1. The first-order valence-corrected chi connectivity index (χ1v) is 6.82. The number of ether oxygens (including phenoxy) is 2. The number of rotatable bonds is 5. The van der Waals surface area contributed by atoms with E-state index in [4.69, 9.17) is 9.47 Å². The van der Waals surface area contributed by atoms with E-state index in [0.29, 0.717) is 13.0 Å². The highest BCUT2D eigenvalue weighted by Gasteiger charge is 2.20. The highest BCUT2D eigenvalue weighted by Crippen LogP contribution is 2.28. The highest BCUT2D eigenvalue weighted by atomic mass is 19.1. The lowest BCUT2D eigenvalue weighted by Gasteiger charge is -2.21. The molecule has 0 saturated carbocycles. The van der Waals surface area contributed by atoms with Crippen LogP contribution in [-0.2, 0) is 9.53 Å². The molecule has 1 aliphatic heterocycles. The molecule has 21 heavy (non-hydrogen) atoms. The average molecular weight is 297 g/mol. The summed E-state index contributed by atoms with van der Waals surface area (Å²) in [5.74, 6) is -1.69. The van der Waals surface area contributed by atoms with Gasteiger partial charge in [0.1, 0.15) is 5.82 Å². The van der Waals surface area contributed by atoms with E-state index in [1.165, 1.54) is 0 Å². The number of benzene rings is 1. The average Bonchev–Trinajstić information content (AvgIpc) is 2.46. The predicted molar refractivity (Wildman–Crippen MR) is 71.5 cm³/mol. The van der Waals surface area contributed by atoms with Gasteiger partial charge < -0.3 is 9.47 Å². The third-order valence-electron chi connectivity index (χ3n) is 3.29. The Morgan fingerprint density at radius 3 is 2.95 bits per heavy atom. The van der Waals surface area contributed by atoms with Crippen LogP contribution in [0.4, 0.5) is 10.1 Å². The van der Waals surface area contributed by atoms with Crippen molar-refractivity contribution in [3.8, 4) is 5.75 Å². The standard InChI is InChI=1S/C14H16FNO5/c15-10-4-6-12(16(18)19)13(9-10)21-14(17)7-5-11-3-1-2-8-20-11/h4,6,9,11H,1-3,5,7-8H2. The Bertz CT molecular complexity index is 528. The zero-order chi connectivity index (χ0) is 15.2. The Morgan fingerprint density at radius 2 is 2.29 bits per heavy atom. The number of hydrogen-bond donors (Lipinski definition) is 0. The first-order valence-electron chi connectivity index (χ1n) is 6.82. The molecule has 1 atom stereocenters. The quantitative estimate of drug-likeness (QED) is 0.361. The van der Waals surface area contributed by atoms with Gasteiger partial charge in [0, 0.05) is 25.2 Å². The minimum Gasteiger partial charge on any atom is -0.419 e. The third-order valence-corrected chi connectivity index (χ3v) is 3.29. The zero-order valence-corrected chi connectivity index (χ0v) is 11.4. The summed E-state index contributed by atoms with van der Waals surface area (Å²) in [6, 6.07) is 2.76. The van der Waals surface area contributed by atoms with Crippen molar-refractivity contribution in [2.75, 3.05) is 6.61 Å². The van der Waals surface area contributed by atoms with Crippen molar-refractivity contribution < 1.29 is 23.6 Å². The van der Waals surface area contributed by atoms with Gasteiger partial charge in [-0.15, -0.1) is 0 Å².